The van der Waals surface area contributed by atoms with Gasteiger partial charge in [0.1, 0.15) is 12.4 Å². The van der Waals surface area contributed by atoms with Crippen molar-refractivity contribution in [3.63, 3.8) is 0 Å². The maximum atomic E-state index is 13.0. The molecule has 2 unspecified atom stereocenters. The summed E-state index contributed by atoms with van der Waals surface area (Å²) in [4.78, 5) is 25.4. The number of benzene rings is 2. The van der Waals surface area contributed by atoms with Crippen molar-refractivity contribution in [2.24, 2.45) is 11.6 Å². The molecule has 11 heteroatoms. The molecule has 2 aliphatic rings. The lowest BCUT2D eigenvalue weighted by molar-refractivity contribution is -0.120. The molecular formula is C26H33ClN6O4. The molecule has 198 valence electrons. The summed E-state index contributed by atoms with van der Waals surface area (Å²) in [6, 6.07) is 14.2. The molecule has 0 bridgehead atoms. The van der Waals surface area contributed by atoms with Crippen LogP contribution in [-0.2, 0) is 4.79 Å². The Morgan fingerprint density at radius 2 is 1.92 bits per heavy atom. The Labute approximate surface area is 220 Å². The minimum atomic E-state index is -0.918. The van der Waals surface area contributed by atoms with E-state index >= 15 is 0 Å². The van der Waals surface area contributed by atoms with Gasteiger partial charge in [0.15, 0.2) is 6.29 Å². The van der Waals surface area contributed by atoms with Crippen molar-refractivity contribution in [2.45, 2.75) is 50.2 Å². The Balaban J connectivity index is 1.41. The summed E-state index contributed by atoms with van der Waals surface area (Å²) in [6.45, 7) is 0.0284. The fourth-order valence-corrected chi connectivity index (χ4v) is 4.77. The summed E-state index contributed by atoms with van der Waals surface area (Å²) in [5, 5.41) is 20.8. The van der Waals surface area contributed by atoms with Crippen molar-refractivity contribution < 1.29 is 19.4 Å². The average Bonchev–Trinajstić information content (AvgIpc) is 2.89. The maximum Gasteiger partial charge on any atom is 0.256 e. The van der Waals surface area contributed by atoms with Gasteiger partial charge in [-0.3, -0.25) is 19.9 Å². The molecule has 37 heavy (non-hydrogen) atoms. The standard InChI is InChI=1S/C26H33ClN6O4/c27-19-10-7-11-20(22(19)24(35)30-16-26(36)12-5-2-6-13-26)37-15-18-14-21(34)31-25(33(18)29)32-23(28)17-8-3-1-4-9-17/h1,3-4,7-11,14,23,25,32,36H,2,5-6,12-13,15-16,28-29H2,(H,30,35)(H,31,34). The molecule has 1 fully saturated rings. The van der Waals surface area contributed by atoms with Crippen LogP contribution in [0.4, 0.5) is 0 Å². The lowest BCUT2D eigenvalue weighted by atomic mass is 9.85. The Morgan fingerprint density at radius 1 is 1.19 bits per heavy atom. The Hall–Kier alpha value is -3.15. The lowest BCUT2D eigenvalue weighted by Crippen LogP contribution is -2.63. The monoisotopic (exact) mass is 528 g/mol. The van der Waals surface area contributed by atoms with Gasteiger partial charge in [-0.2, -0.15) is 0 Å². The van der Waals surface area contributed by atoms with Crippen LogP contribution < -0.4 is 32.3 Å². The molecule has 0 spiro atoms. The van der Waals surface area contributed by atoms with Gasteiger partial charge in [0.25, 0.3) is 5.91 Å². The molecule has 1 heterocycles. The SMILES string of the molecule is NC(NC1NC(=O)C=C(COc2cccc(Cl)c2C(=O)NCC2(O)CCCCC2)N1N)c1ccccc1. The summed E-state index contributed by atoms with van der Waals surface area (Å²) in [6.07, 6.45) is 4.17. The zero-order valence-electron chi connectivity index (χ0n) is 20.5. The van der Waals surface area contributed by atoms with Crippen molar-refractivity contribution >= 4 is 23.4 Å². The summed E-state index contributed by atoms with van der Waals surface area (Å²) < 4.78 is 5.92. The highest BCUT2D eigenvalue weighted by molar-refractivity contribution is 6.34. The molecule has 0 aromatic heterocycles. The van der Waals surface area contributed by atoms with E-state index in [1.54, 1.807) is 18.2 Å². The fraction of sp³-hybridized carbons (Fsp3) is 0.385. The summed E-state index contributed by atoms with van der Waals surface area (Å²) in [5.41, 5.74) is 6.65. The molecule has 2 atom stereocenters. The van der Waals surface area contributed by atoms with E-state index in [4.69, 9.17) is 27.9 Å². The number of rotatable bonds is 9. The largest absolute Gasteiger partial charge is 0.486 e. The third-order valence-corrected chi connectivity index (χ3v) is 6.94. The number of carbonyl (C=O) groups is 2. The van der Waals surface area contributed by atoms with Crippen LogP contribution in [0.25, 0.3) is 0 Å². The topological polar surface area (TPSA) is 155 Å². The first-order valence-electron chi connectivity index (χ1n) is 12.3. The first-order chi connectivity index (χ1) is 17.8. The average molecular weight is 529 g/mol. The maximum absolute atomic E-state index is 13.0. The molecule has 1 aliphatic heterocycles. The van der Waals surface area contributed by atoms with E-state index in [2.05, 4.69) is 16.0 Å². The molecule has 1 aliphatic carbocycles. The Morgan fingerprint density at radius 3 is 2.65 bits per heavy atom. The number of nitrogens with one attached hydrogen (secondary N) is 3. The van der Waals surface area contributed by atoms with Crippen molar-refractivity contribution in [2.75, 3.05) is 13.2 Å². The first-order valence-corrected chi connectivity index (χ1v) is 12.7. The Kier molecular flexibility index (Phi) is 8.67. The second kappa shape index (κ2) is 11.9. The van der Waals surface area contributed by atoms with Gasteiger partial charge in [-0.1, -0.05) is 67.3 Å². The van der Waals surface area contributed by atoms with E-state index in [0.29, 0.717) is 18.5 Å². The lowest BCUT2D eigenvalue weighted by Gasteiger charge is -2.36. The molecule has 10 nitrogen and oxygen atoms in total. The molecule has 2 amide bonds. The van der Waals surface area contributed by atoms with Crippen molar-refractivity contribution in [1.82, 2.24) is 21.0 Å². The third kappa shape index (κ3) is 6.79. The third-order valence-electron chi connectivity index (χ3n) is 6.62. The van der Waals surface area contributed by atoms with Crippen molar-refractivity contribution in [3.05, 3.63) is 76.5 Å². The van der Waals surface area contributed by atoms with Crippen LogP contribution in [0.2, 0.25) is 5.02 Å². The van der Waals surface area contributed by atoms with E-state index in [9.17, 15) is 14.7 Å². The Bertz CT molecular complexity index is 1140. The number of nitrogens with zero attached hydrogens (tertiary/aromatic N) is 1. The van der Waals surface area contributed by atoms with E-state index in [0.717, 1.165) is 24.8 Å². The zero-order valence-corrected chi connectivity index (χ0v) is 21.2. The van der Waals surface area contributed by atoms with Gasteiger partial charge in [-0.15, -0.1) is 0 Å². The van der Waals surface area contributed by atoms with Crippen LogP contribution in [0.3, 0.4) is 0 Å². The number of hydrogen-bond donors (Lipinski definition) is 6. The van der Waals surface area contributed by atoms with Crippen molar-refractivity contribution in [1.29, 1.82) is 0 Å². The highest BCUT2D eigenvalue weighted by Crippen LogP contribution is 2.29. The number of hydrogen-bond acceptors (Lipinski definition) is 8. The zero-order chi connectivity index (χ0) is 26.4. The second-order valence-corrected chi connectivity index (χ2v) is 9.79. The molecule has 4 rings (SSSR count). The van der Waals surface area contributed by atoms with E-state index in [-0.39, 0.29) is 35.4 Å². The summed E-state index contributed by atoms with van der Waals surface area (Å²) >= 11 is 6.35. The predicted octanol–water partition coefficient (Wildman–Crippen LogP) is 1.86. The number of halogens is 1. The quantitative estimate of drug-likeness (QED) is 0.213. The minimum absolute atomic E-state index is 0.104. The normalized spacial score (nSPS) is 20.0. The number of aliphatic hydroxyl groups is 1. The van der Waals surface area contributed by atoms with E-state index in [1.807, 2.05) is 30.3 Å². The number of nitrogens with two attached hydrogens (primary N) is 2. The predicted molar refractivity (Wildman–Crippen MR) is 140 cm³/mol. The van der Waals surface area contributed by atoms with Gasteiger partial charge in [0.05, 0.1) is 28.0 Å². The van der Waals surface area contributed by atoms with Crippen LogP contribution in [0.5, 0.6) is 5.75 Å². The van der Waals surface area contributed by atoms with Gasteiger partial charge in [-0.05, 0) is 30.5 Å². The highest BCUT2D eigenvalue weighted by Gasteiger charge is 2.31. The molecule has 0 radical (unpaired) electrons. The molecule has 2 aromatic carbocycles. The summed E-state index contributed by atoms with van der Waals surface area (Å²) in [5.74, 6) is 5.67. The number of ether oxygens (including phenoxy) is 1. The number of hydrazine groups is 1. The van der Waals surface area contributed by atoms with Crippen LogP contribution in [0, 0.1) is 0 Å². The number of amides is 2. The molecule has 2 aromatic rings. The minimum Gasteiger partial charge on any atom is -0.486 e. The molecule has 1 saturated carbocycles. The van der Waals surface area contributed by atoms with Crippen LogP contribution in [-0.4, -0.2) is 47.0 Å². The summed E-state index contributed by atoms with van der Waals surface area (Å²) in [7, 11) is 0. The molecule has 0 saturated heterocycles. The second-order valence-electron chi connectivity index (χ2n) is 9.38. The van der Waals surface area contributed by atoms with Gasteiger partial charge >= 0.3 is 0 Å². The van der Waals surface area contributed by atoms with Crippen LogP contribution in [0.1, 0.15) is 54.2 Å². The number of carbonyl (C=O) groups excluding carboxylic acids is 2. The van der Waals surface area contributed by atoms with Gasteiger partial charge in [0, 0.05) is 12.6 Å². The first kappa shape index (κ1) is 26.9. The molecule has 8 N–H and O–H groups in total. The van der Waals surface area contributed by atoms with E-state index < -0.39 is 24.0 Å². The van der Waals surface area contributed by atoms with Crippen LogP contribution in [0.15, 0.2) is 60.3 Å². The fourth-order valence-electron chi connectivity index (χ4n) is 4.52. The highest BCUT2D eigenvalue weighted by atomic mass is 35.5. The van der Waals surface area contributed by atoms with Gasteiger partial charge < -0.3 is 26.2 Å². The van der Waals surface area contributed by atoms with Crippen molar-refractivity contribution in [3.8, 4) is 5.75 Å². The van der Waals surface area contributed by atoms with E-state index in [1.165, 1.54) is 11.1 Å². The smallest absolute Gasteiger partial charge is 0.256 e. The van der Waals surface area contributed by atoms with Gasteiger partial charge in [-0.25, -0.2) is 5.84 Å². The molecular weight excluding hydrogens is 496 g/mol. The van der Waals surface area contributed by atoms with Crippen LogP contribution >= 0.6 is 11.6 Å². The van der Waals surface area contributed by atoms with Gasteiger partial charge in [0.2, 0.25) is 5.91 Å².